The molecule has 25 heavy (non-hydrogen) atoms. The molecule has 1 aliphatic heterocycles. The summed E-state index contributed by atoms with van der Waals surface area (Å²) >= 11 is 0. The number of rotatable bonds is 5. The molecular formula is C20H22N2O3. The number of anilines is 2. The number of ether oxygens (including phenoxy) is 1. The van der Waals surface area contributed by atoms with E-state index < -0.39 is 0 Å². The molecule has 2 aromatic rings. The van der Waals surface area contributed by atoms with E-state index in [0.717, 1.165) is 28.9 Å². The van der Waals surface area contributed by atoms with Crippen molar-refractivity contribution in [2.75, 3.05) is 23.4 Å². The van der Waals surface area contributed by atoms with Crippen LogP contribution in [0.1, 0.15) is 24.5 Å². The summed E-state index contributed by atoms with van der Waals surface area (Å²) in [6, 6.07) is 13.5. The van der Waals surface area contributed by atoms with Crippen LogP contribution in [0.25, 0.3) is 0 Å². The van der Waals surface area contributed by atoms with Crippen molar-refractivity contribution in [2.24, 2.45) is 0 Å². The maximum atomic E-state index is 12.3. The number of hydrogen-bond donors (Lipinski definition) is 1. The fourth-order valence-electron chi connectivity index (χ4n) is 2.93. The van der Waals surface area contributed by atoms with Crippen molar-refractivity contribution in [1.82, 2.24) is 0 Å². The molecule has 0 saturated carbocycles. The number of para-hydroxylation sites is 1. The maximum absolute atomic E-state index is 12.3. The predicted molar refractivity (Wildman–Crippen MR) is 98.1 cm³/mol. The van der Waals surface area contributed by atoms with Crippen molar-refractivity contribution in [3.63, 3.8) is 0 Å². The van der Waals surface area contributed by atoms with Gasteiger partial charge in [-0.15, -0.1) is 0 Å². The van der Waals surface area contributed by atoms with Gasteiger partial charge in [-0.3, -0.25) is 9.59 Å². The zero-order valence-electron chi connectivity index (χ0n) is 14.5. The van der Waals surface area contributed by atoms with Gasteiger partial charge in [-0.2, -0.15) is 0 Å². The molecule has 3 rings (SSSR count). The first-order valence-electron chi connectivity index (χ1n) is 8.50. The molecule has 2 amide bonds. The molecule has 0 bridgehead atoms. The summed E-state index contributed by atoms with van der Waals surface area (Å²) in [6.07, 6.45) is 1.09. The number of aryl methyl sites for hydroxylation is 2. The largest absolute Gasteiger partial charge is 0.482 e. The molecular weight excluding hydrogens is 316 g/mol. The van der Waals surface area contributed by atoms with Crippen molar-refractivity contribution >= 4 is 23.2 Å². The lowest BCUT2D eigenvalue weighted by Gasteiger charge is -2.29. The molecule has 1 N–H and O–H groups in total. The van der Waals surface area contributed by atoms with Gasteiger partial charge in [0, 0.05) is 18.7 Å². The second kappa shape index (κ2) is 7.38. The lowest BCUT2D eigenvalue weighted by molar-refractivity contribution is -0.121. The highest BCUT2D eigenvalue weighted by atomic mass is 16.5. The van der Waals surface area contributed by atoms with Crippen molar-refractivity contribution in [3.05, 3.63) is 53.6 Å². The third kappa shape index (κ3) is 3.82. The molecule has 130 valence electrons. The quantitative estimate of drug-likeness (QED) is 0.910. The third-order valence-electron chi connectivity index (χ3n) is 4.29. The predicted octanol–water partition coefficient (Wildman–Crippen LogP) is 3.31. The number of benzene rings is 2. The minimum atomic E-state index is -0.125. The molecule has 0 spiro atoms. The van der Waals surface area contributed by atoms with E-state index in [1.807, 2.05) is 49.4 Å². The van der Waals surface area contributed by atoms with Crippen LogP contribution in [-0.4, -0.2) is 25.0 Å². The summed E-state index contributed by atoms with van der Waals surface area (Å²) in [7, 11) is 0. The highest BCUT2D eigenvalue weighted by Gasteiger charge is 2.25. The minimum Gasteiger partial charge on any atom is -0.482 e. The molecule has 2 aromatic carbocycles. The van der Waals surface area contributed by atoms with Crippen LogP contribution in [0.15, 0.2) is 42.5 Å². The molecule has 5 heteroatoms. The average Bonchev–Trinajstić information content (AvgIpc) is 2.61. The highest BCUT2D eigenvalue weighted by Crippen LogP contribution is 2.32. The van der Waals surface area contributed by atoms with E-state index >= 15 is 0 Å². The van der Waals surface area contributed by atoms with E-state index in [4.69, 9.17) is 4.74 Å². The number of carbonyl (C=O) groups excluding carboxylic acids is 2. The summed E-state index contributed by atoms with van der Waals surface area (Å²) in [4.78, 5) is 26.2. The summed E-state index contributed by atoms with van der Waals surface area (Å²) in [5, 5.41) is 2.94. The second-order valence-corrected chi connectivity index (χ2v) is 6.11. The third-order valence-corrected chi connectivity index (χ3v) is 4.29. The first kappa shape index (κ1) is 17.0. The Morgan fingerprint density at radius 3 is 2.84 bits per heavy atom. The molecule has 0 unspecified atom stereocenters. The fourth-order valence-corrected chi connectivity index (χ4v) is 2.93. The molecule has 0 radical (unpaired) electrons. The Balaban J connectivity index is 1.68. The molecule has 0 aliphatic carbocycles. The van der Waals surface area contributed by atoms with E-state index in [2.05, 4.69) is 12.2 Å². The van der Waals surface area contributed by atoms with Gasteiger partial charge in [0.25, 0.3) is 5.91 Å². The fraction of sp³-hybridized carbons (Fsp3) is 0.300. The van der Waals surface area contributed by atoms with E-state index in [0.29, 0.717) is 12.3 Å². The number of amides is 2. The first-order valence-corrected chi connectivity index (χ1v) is 8.50. The van der Waals surface area contributed by atoms with E-state index in [9.17, 15) is 9.59 Å². The zero-order chi connectivity index (χ0) is 17.8. The smallest absolute Gasteiger partial charge is 0.265 e. The van der Waals surface area contributed by atoms with Crippen molar-refractivity contribution < 1.29 is 14.3 Å². The van der Waals surface area contributed by atoms with Crippen LogP contribution < -0.4 is 15.0 Å². The van der Waals surface area contributed by atoms with Crippen LogP contribution in [-0.2, 0) is 16.0 Å². The van der Waals surface area contributed by atoms with Crippen LogP contribution in [0.3, 0.4) is 0 Å². The minimum absolute atomic E-state index is 0.0103. The summed E-state index contributed by atoms with van der Waals surface area (Å²) in [5.74, 6) is 0.455. The number of carbonyl (C=O) groups is 2. The van der Waals surface area contributed by atoms with Gasteiger partial charge >= 0.3 is 0 Å². The van der Waals surface area contributed by atoms with E-state index in [1.54, 1.807) is 4.90 Å². The van der Waals surface area contributed by atoms with E-state index in [-0.39, 0.29) is 24.8 Å². The Hall–Kier alpha value is -2.82. The number of hydrogen-bond acceptors (Lipinski definition) is 3. The average molecular weight is 338 g/mol. The summed E-state index contributed by atoms with van der Waals surface area (Å²) < 4.78 is 5.46. The second-order valence-electron chi connectivity index (χ2n) is 6.11. The highest BCUT2D eigenvalue weighted by molar-refractivity contribution is 5.99. The lowest BCUT2D eigenvalue weighted by Crippen LogP contribution is -2.40. The molecule has 0 aromatic heterocycles. The molecule has 0 fully saturated rings. The number of nitrogens with zero attached hydrogens (tertiary/aromatic N) is 1. The number of fused-ring (bicyclic) bond motifs is 1. The molecule has 0 saturated heterocycles. The molecule has 1 heterocycles. The van der Waals surface area contributed by atoms with Gasteiger partial charge in [0.15, 0.2) is 6.61 Å². The molecule has 0 atom stereocenters. The normalized spacial score (nSPS) is 13.2. The van der Waals surface area contributed by atoms with Crippen LogP contribution in [0.2, 0.25) is 0 Å². The molecule has 1 aliphatic rings. The Kier molecular flexibility index (Phi) is 5.03. The van der Waals surface area contributed by atoms with E-state index in [1.165, 1.54) is 0 Å². The van der Waals surface area contributed by atoms with Crippen molar-refractivity contribution in [3.8, 4) is 5.75 Å². The van der Waals surface area contributed by atoms with Crippen LogP contribution in [0.5, 0.6) is 5.75 Å². The van der Waals surface area contributed by atoms with Gasteiger partial charge in [-0.1, -0.05) is 31.2 Å². The Morgan fingerprint density at radius 2 is 2.04 bits per heavy atom. The van der Waals surface area contributed by atoms with Crippen LogP contribution in [0.4, 0.5) is 11.4 Å². The Morgan fingerprint density at radius 1 is 1.24 bits per heavy atom. The van der Waals surface area contributed by atoms with Gasteiger partial charge in [0.05, 0.1) is 5.69 Å². The lowest BCUT2D eigenvalue weighted by atomic mass is 10.1. The summed E-state index contributed by atoms with van der Waals surface area (Å²) in [6.45, 7) is 4.36. The first-order chi connectivity index (χ1) is 12.1. The standard InChI is InChI=1S/C20H22N2O3/c1-3-15-6-4-5-7-16(15)21-19(23)10-11-22-17-12-14(2)8-9-18(17)25-13-20(22)24/h4-9,12H,3,10-11,13H2,1-2H3,(H,21,23). The maximum Gasteiger partial charge on any atom is 0.265 e. The van der Waals surface area contributed by atoms with Crippen LogP contribution in [0, 0.1) is 6.92 Å². The zero-order valence-corrected chi connectivity index (χ0v) is 14.5. The van der Waals surface area contributed by atoms with Crippen molar-refractivity contribution in [1.29, 1.82) is 0 Å². The van der Waals surface area contributed by atoms with Gasteiger partial charge in [-0.05, 0) is 42.7 Å². The SMILES string of the molecule is CCc1ccccc1NC(=O)CCN1C(=O)COc2ccc(C)cc21. The van der Waals surface area contributed by atoms with Crippen LogP contribution >= 0.6 is 0 Å². The Bertz CT molecular complexity index is 801. The Labute approximate surface area is 147 Å². The number of nitrogens with one attached hydrogen (secondary N) is 1. The van der Waals surface area contributed by atoms with Gasteiger partial charge < -0.3 is 15.0 Å². The molecule has 5 nitrogen and oxygen atoms in total. The van der Waals surface area contributed by atoms with Crippen molar-refractivity contribution in [2.45, 2.75) is 26.7 Å². The summed E-state index contributed by atoms with van der Waals surface area (Å²) in [5.41, 5.74) is 3.71. The van der Waals surface area contributed by atoms with Gasteiger partial charge in [0.2, 0.25) is 5.91 Å². The van der Waals surface area contributed by atoms with Gasteiger partial charge in [0.1, 0.15) is 5.75 Å². The monoisotopic (exact) mass is 338 g/mol. The topological polar surface area (TPSA) is 58.6 Å². The van der Waals surface area contributed by atoms with Gasteiger partial charge in [-0.25, -0.2) is 0 Å².